The van der Waals surface area contributed by atoms with Gasteiger partial charge in [0, 0.05) is 25.4 Å². The number of nitrogens with zero attached hydrogens (tertiary/aromatic N) is 4. The summed E-state index contributed by atoms with van der Waals surface area (Å²) >= 11 is 1.88. The second-order valence-electron chi connectivity index (χ2n) is 4.54. The van der Waals surface area contributed by atoms with Crippen LogP contribution in [-0.2, 0) is 0 Å². The zero-order chi connectivity index (χ0) is 14.4. The van der Waals surface area contributed by atoms with Crippen LogP contribution in [-0.4, -0.2) is 46.0 Å². The van der Waals surface area contributed by atoms with E-state index >= 15 is 0 Å². The molecule has 0 atom stereocenters. The van der Waals surface area contributed by atoms with Crippen molar-refractivity contribution in [2.75, 3.05) is 41.4 Å². The van der Waals surface area contributed by atoms with E-state index in [1.54, 1.807) is 0 Å². The van der Waals surface area contributed by atoms with Gasteiger partial charge in [0.25, 0.3) is 0 Å². The Balaban J connectivity index is 2.27. The number of anilines is 2. The first-order valence-electron chi connectivity index (χ1n) is 6.80. The van der Waals surface area contributed by atoms with E-state index in [0.717, 1.165) is 44.0 Å². The Bertz CT molecular complexity index is 463. The molecule has 110 valence electrons. The van der Waals surface area contributed by atoms with Gasteiger partial charge in [0.1, 0.15) is 6.20 Å². The lowest BCUT2D eigenvalue weighted by Gasteiger charge is -2.21. The smallest absolute Gasteiger partial charge is 0.329 e. The summed E-state index contributed by atoms with van der Waals surface area (Å²) in [6, 6.07) is 0. The Hall–Kier alpha value is -1.57. The second-order valence-corrected chi connectivity index (χ2v) is 5.76. The maximum absolute atomic E-state index is 11.1. The van der Waals surface area contributed by atoms with Crippen LogP contribution in [0.5, 0.6) is 0 Å². The van der Waals surface area contributed by atoms with Gasteiger partial charge in [-0.1, -0.05) is 6.92 Å². The summed E-state index contributed by atoms with van der Waals surface area (Å²) in [6.07, 6.45) is 3.28. The topological polar surface area (TPSA) is 84.2 Å². The van der Waals surface area contributed by atoms with Crippen molar-refractivity contribution in [3.63, 3.8) is 0 Å². The summed E-state index contributed by atoms with van der Waals surface area (Å²) in [5.41, 5.74) is -0.0149. The molecule has 1 saturated heterocycles. The Morgan fingerprint density at radius 2 is 2.35 bits per heavy atom. The first kappa shape index (κ1) is 14.8. The molecule has 0 aliphatic carbocycles. The molecule has 20 heavy (non-hydrogen) atoms. The quantitative estimate of drug-likeness (QED) is 0.658. The lowest BCUT2D eigenvalue weighted by atomic mass is 10.3. The van der Waals surface area contributed by atoms with Crippen molar-refractivity contribution in [3.05, 3.63) is 16.3 Å². The molecule has 1 fully saturated rings. The number of thioether (sulfide) groups is 1. The molecule has 2 heterocycles. The van der Waals surface area contributed by atoms with E-state index in [0.29, 0.717) is 11.8 Å². The van der Waals surface area contributed by atoms with Crippen LogP contribution in [0.1, 0.15) is 19.8 Å². The van der Waals surface area contributed by atoms with Crippen LogP contribution >= 0.6 is 11.8 Å². The molecule has 0 bridgehead atoms. The molecule has 1 aliphatic rings. The molecule has 0 amide bonds. The zero-order valence-corrected chi connectivity index (χ0v) is 12.4. The lowest BCUT2D eigenvalue weighted by Crippen LogP contribution is -2.27. The standard InChI is InChI=1S/C12H19N5O2S/c1-2-4-13-12-14-9-10(17(18)19)11(15-12)16-5-3-7-20-8-6-16/h9H,2-8H2,1H3,(H,13,14,15). The third-order valence-electron chi connectivity index (χ3n) is 3.00. The van der Waals surface area contributed by atoms with E-state index in [-0.39, 0.29) is 5.69 Å². The number of nitrogens with one attached hydrogen (secondary N) is 1. The highest BCUT2D eigenvalue weighted by atomic mass is 32.2. The molecule has 1 aromatic heterocycles. The summed E-state index contributed by atoms with van der Waals surface area (Å²) in [6.45, 7) is 4.40. The molecule has 0 saturated carbocycles. The number of aromatic nitrogens is 2. The first-order valence-corrected chi connectivity index (χ1v) is 7.96. The fourth-order valence-corrected chi connectivity index (χ4v) is 2.89. The van der Waals surface area contributed by atoms with Crippen molar-refractivity contribution in [2.45, 2.75) is 19.8 Å². The van der Waals surface area contributed by atoms with Gasteiger partial charge in [-0.3, -0.25) is 10.1 Å². The number of rotatable bonds is 5. The molecule has 0 spiro atoms. The first-order chi connectivity index (χ1) is 9.72. The Morgan fingerprint density at radius 3 is 3.10 bits per heavy atom. The molecule has 8 heteroatoms. The molecule has 0 radical (unpaired) electrons. The van der Waals surface area contributed by atoms with Gasteiger partial charge in [0.15, 0.2) is 0 Å². The number of hydrogen-bond donors (Lipinski definition) is 1. The van der Waals surface area contributed by atoms with Crippen molar-refractivity contribution in [3.8, 4) is 0 Å². The minimum absolute atomic E-state index is 0.0149. The van der Waals surface area contributed by atoms with Crippen molar-refractivity contribution >= 4 is 29.2 Å². The summed E-state index contributed by atoms with van der Waals surface area (Å²) < 4.78 is 0. The lowest BCUT2D eigenvalue weighted by molar-refractivity contribution is -0.384. The van der Waals surface area contributed by atoms with Crippen LogP contribution < -0.4 is 10.2 Å². The van der Waals surface area contributed by atoms with Gasteiger partial charge in [0.05, 0.1) is 4.92 Å². The molecule has 0 unspecified atom stereocenters. The molecule has 1 aliphatic heterocycles. The van der Waals surface area contributed by atoms with Gasteiger partial charge in [-0.2, -0.15) is 16.7 Å². The van der Waals surface area contributed by atoms with E-state index in [2.05, 4.69) is 15.3 Å². The largest absolute Gasteiger partial charge is 0.354 e. The highest BCUT2D eigenvalue weighted by Gasteiger charge is 2.23. The van der Waals surface area contributed by atoms with Crippen LogP contribution in [0.4, 0.5) is 17.5 Å². The highest BCUT2D eigenvalue weighted by molar-refractivity contribution is 7.99. The second kappa shape index (κ2) is 7.28. The predicted octanol–water partition coefficient (Wildman–Crippen LogP) is 2.15. The average molecular weight is 297 g/mol. The van der Waals surface area contributed by atoms with Crippen molar-refractivity contribution in [1.29, 1.82) is 0 Å². The van der Waals surface area contributed by atoms with Gasteiger partial charge in [-0.25, -0.2) is 4.98 Å². The Morgan fingerprint density at radius 1 is 1.50 bits per heavy atom. The minimum Gasteiger partial charge on any atom is -0.354 e. The van der Waals surface area contributed by atoms with Crippen LogP contribution in [0.3, 0.4) is 0 Å². The van der Waals surface area contributed by atoms with E-state index in [1.165, 1.54) is 6.20 Å². The maximum Gasteiger partial charge on any atom is 0.329 e. The van der Waals surface area contributed by atoms with E-state index in [4.69, 9.17) is 0 Å². The van der Waals surface area contributed by atoms with Gasteiger partial charge in [-0.15, -0.1) is 0 Å². The molecule has 0 aromatic carbocycles. The predicted molar refractivity (Wildman–Crippen MR) is 81.6 cm³/mol. The molecule has 1 N–H and O–H groups in total. The average Bonchev–Trinajstić information content (AvgIpc) is 2.73. The van der Waals surface area contributed by atoms with E-state index < -0.39 is 4.92 Å². The monoisotopic (exact) mass is 297 g/mol. The fourth-order valence-electron chi connectivity index (χ4n) is 2.01. The van der Waals surface area contributed by atoms with Gasteiger partial charge in [0.2, 0.25) is 11.8 Å². The third-order valence-corrected chi connectivity index (χ3v) is 4.05. The zero-order valence-electron chi connectivity index (χ0n) is 11.5. The van der Waals surface area contributed by atoms with Crippen LogP contribution in [0.2, 0.25) is 0 Å². The molecular weight excluding hydrogens is 278 g/mol. The number of hydrogen-bond acceptors (Lipinski definition) is 7. The summed E-state index contributed by atoms with van der Waals surface area (Å²) in [5, 5.41) is 14.2. The van der Waals surface area contributed by atoms with Gasteiger partial charge in [-0.05, 0) is 18.6 Å². The Labute approximate surface area is 122 Å². The summed E-state index contributed by atoms with van der Waals surface area (Å²) in [7, 11) is 0. The highest BCUT2D eigenvalue weighted by Crippen LogP contribution is 2.27. The van der Waals surface area contributed by atoms with Crippen LogP contribution in [0.15, 0.2) is 6.20 Å². The Kier molecular flexibility index (Phi) is 5.40. The molecule has 1 aromatic rings. The SMILES string of the molecule is CCCNc1ncc([N+](=O)[O-])c(N2CCCSCC2)n1. The van der Waals surface area contributed by atoms with Crippen molar-refractivity contribution in [2.24, 2.45) is 0 Å². The molecule has 2 rings (SSSR count). The normalized spacial score (nSPS) is 15.8. The summed E-state index contributed by atoms with van der Waals surface area (Å²) in [4.78, 5) is 21.1. The van der Waals surface area contributed by atoms with Crippen molar-refractivity contribution < 1.29 is 4.92 Å². The number of nitro groups is 1. The van der Waals surface area contributed by atoms with E-state index in [9.17, 15) is 10.1 Å². The van der Waals surface area contributed by atoms with Crippen molar-refractivity contribution in [1.82, 2.24) is 9.97 Å². The van der Waals surface area contributed by atoms with E-state index in [1.807, 2.05) is 23.6 Å². The van der Waals surface area contributed by atoms with Gasteiger partial charge < -0.3 is 10.2 Å². The molecular formula is C12H19N5O2S. The fraction of sp³-hybridized carbons (Fsp3) is 0.667. The summed E-state index contributed by atoms with van der Waals surface area (Å²) in [5.74, 6) is 2.96. The minimum atomic E-state index is -0.406. The van der Waals surface area contributed by atoms with Crippen LogP contribution in [0.25, 0.3) is 0 Å². The van der Waals surface area contributed by atoms with Gasteiger partial charge >= 0.3 is 5.69 Å². The van der Waals surface area contributed by atoms with Crippen LogP contribution in [0, 0.1) is 10.1 Å². The maximum atomic E-state index is 11.1. The third kappa shape index (κ3) is 3.72. The molecule has 7 nitrogen and oxygen atoms in total.